The smallest absolute Gasteiger partial charge is 0.105 e. The summed E-state index contributed by atoms with van der Waals surface area (Å²) in [5.41, 5.74) is 2.49. The Kier molecular flexibility index (Phi) is 2.49. The number of thiophene rings is 1. The average molecular weight is 234 g/mol. The number of nitrogens with one attached hydrogen (secondary N) is 1. The van der Waals surface area contributed by atoms with Crippen LogP contribution in [-0.4, -0.2) is 21.5 Å². The summed E-state index contributed by atoms with van der Waals surface area (Å²) in [6.07, 6.45) is 3.16. The topological polar surface area (TPSA) is 42.7 Å². The van der Waals surface area contributed by atoms with Gasteiger partial charge in [-0.05, 0) is 30.4 Å². The molecule has 1 aliphatic heterocycles. The lowest BCUT2D eigenvalue weighted by molar-refractivity contribution is 0.565. The first-order chi connectivity index (χ1) is 7.88. The lowest BCUT2D eigenvalue weighted by Crippen LogP contribution is -2.29. The first-order valence-corrected chi connectivity index (χ1v) is 6.46. The first kappa shape index (κ1) is 9.99. The summed E-state index contributed by atoms with van der Waals surface area (Å²) in [5.74, 6) is 0. The molecular formula is C11H14N4S. The van der Waals surface area contributed by atoms with E-state index in [0.29, 0.717) is 0 Å². The van der Waals surface area contributed by atoms with Crippen LogP contribution in [0.5, 0.6) is 0 Å². The number of nitrogens with zero attached hydrogens (tertiary/aromatic N) is 3. The maximum absolute atomic E-state index is 4.25. The van der Waals surface area contributed by atoms with Crippen LogP contribution in [-0.2, 0) is 13.0 Å². The molecule has 2 aromatic rings. The van der Waals surface area contributed by atoms with Crippen LogP contribution in [0.4, 0.5) is 0 Å². The minimum absolute atomic E-state index is 0.240. The van der Waals surface area contributed by atoms with Gasteiger partial charge in [0.15, 0.2) is 0 Å². The summed E-state index contributed by atoms with van der Waals surface area (Å²) < 4.78 is 1.87. The quantitative estimate of drug-likeness (QED) is 0.858. The van der Waals surface area contributed by atoms with Gasteiger partial charge in [0.25, 0.3) is 0 Å². The van der Waals surface area contributed by atoms with Gasteiger partial charge in [0.2, 0.25) is 0 Å². The van der Waals surface area contributed by atoms with Crippen molar-refractivity contribution in [1.82, 2.24) is 20.3 Å². The van der Waals surface area contributed by atoms with Crippen molar-refractivity contribution in [2.75, 3.05) is 6.54 Å². The van der Waals surface area contributed by atoms with Crippen molar-refractivity contribution in [3.05, 3.63) is 33.8 Å². The summed E-state index contributed by atoms with van der Waals surface area (Å²) >= 11 is 1.81. The Bertz CT molecular complexity index is 488. The zero-order chi connectivity index (χ0) is 11.0. The molecule has 1 atom stereocenters. The predicted molar refractivity (Wildman–Crippen MR) is 63.6 cm³/mol. The number of rotatable bonds is 2. The third kappa shape index (κ3) is 1.56. The van der Waals surface area contributed by atoms with Gasteiger partial charge in [0.05, 0.1) is 12.2 Å². The van der Waals surface area contributed by atoms with Crippen LogP contribution in [0, 0.1) is 0 Å². The van der Waals surface area contributed by atoms with E-state index in [2.05, 4.69) is 34.0 Å². The van der Waals surface area contributed by atoms with E-state index < -0.39 is 0 Å². The molecule has 3 rings (SSSR count). The van der Waals surface area contributed by atoms with Gasteiger partial charge >= 0.3 is 0 Å². The van der Waals surface area contributed by atoms with Crippen molar-refractivity contribution in [3.63, 3.8) is 0 Å². The molecule has 3 heterocycles. The van der Waals surface area contributed by atoms with Crippen LogP contribution in [0.15, 0.2) is 17.6 Å². The number of hydrogen-bond donors (Lipinski definition) is 1. The maximum Gasteiger partial charge on any atom is 0.105 e. The Morgan fingerprint density at radius 2 is 2.56 bits per heavy atom. The van der Waals surface area contributed by atoms with Gasteiger partial charge in [-0.15, -0.1) is 16.4 Å². The second-order valence-electron chi connectivity index (χ2n) is 3.95. The molecule has 0 spiro atoms. The van der Waals surface area contributed by atoms with Crippen molar-refractivity contribution >= 4 is 11.3 Å². The van der Waals surface area contributed by atoms with Crippen LogP contribution in [0.3, 0.4) is 0 Å². The van der Waals surface area contributed by atoms with E-state index in [1.165, 1.54) is 10.4 Å². The Hall–Kier alpha value is -1.20. The molecule has 2 aromatic heterocycles. The lowest BCUT2D eigenvalue weighted by Gasteiger charge is -2.21. The van der Waals surface area contributed by atoms with Gasteiger partial charge in [0.1, 0.15) is 5.69 Å². The molecule has 0 saturated heterocycles. The summed E-state index contributed by atoms with van der Waals surface area (Å²) in [5, 5.41) is 14.0. The van der Waals surface area contributed by atoms with E-state index in [1.54, 1.807) is 11.3 Å². The summed E-state index contributed by atoms with van der Waals surface area (Å²) in [4.78, 5) is 1.40. The van der Waals surface area contributed by atoms with E-state index >= 15 is 0 Å². The molecule has 0 radical (unpaired) electrons. The van der Waals surface area contributed by atoms with Crippen LogP contribution in [0.2, 0.25) is 0 Å². The van der Waals surface area contributed by atoms with Crippen molar-refractivity contribution in [2.24, 2.45) is 0 Å². The molecule has 4 nitrogen and oxygen atoms in total. The number of fused-ring (bicyclic) bond motifs is 1. The van der Waals surface area contributed by atoms with Gasteiger partial charge in [-0.25, -0.2) is 0 Å². The Balaban J connectivity index is 1.97. The molecule has 0 saturated carbocycles. The second-order valence-corrected chi connectivity index (χ2v) is 4.89. The molecule has 0 aromatic carbocycles. The van der Waals surface area contributed by atoms with Crippen LogP contribution >= 0.6 is 11.3 Å². The minimum atomic E-state index is 0.240. The molecular weight excluding hydrogens is 220 g/mol. The highest BCUT2D eigenvalue weighted by atomic mass is 32.1. The Morgan fingerprint density at radius 3 is 3.38 bits per heavy atom. The fraction of sp³-hybridized carbons (Fsp3) is 0.455. The highest BCUT2D eigenvalue weighted by Crippen LogP contribution is 2.31. The Morgan fingerprint density at radius 1 is 1.62 bits per heavy atom. The first-order valence-electron chi connectivity index (χ1n) is 5.58. The average Bonchev–Trinajstić information content (AvgIpc) is 2.97. The molecule has 16 heavy (non-hydrogen) atoms. The highest BCUT2D eigenvalue weighted by molar-refractivity contribution is 7.10. The summed E-state index contributed by atoms with van der Waals surface area (Å²) in [6.45, 7) is 3.97. The largest absolute Gasteiger partial charge is 0.304 e. The molecule has 1 aliphatic rings. The summed E-state index contributed by atoms with van der Waals surface area (Å²) in [6, 6.07) is 2.46. The van der Waals surface area contributed by atoms with Crippen molar-refractivity contribution in [1.29, 1.82) is 0 Å². The van der Waals surface area contributed by atoms with Gasteiger partial charge < -0.3 is 5.32 Å². The molecule has 5 heteroatoms. The zero-order valence-electron chi connectivity index (χ0n) is 9.18. The minimum Gasteiger partial charge on any atom is -0.304 e. The normalized spacial score (nSPS) is 19.7. The highest BCUT2D eigenvalue weighted by Gasteiger charge is 2.24. The molecule has 1 N–H and O–H groups in total. The number of aryl methyl sites for hydroxylation is 1. The van der Waals surface area contributed by atoms with Gasteiger partial charge in [-0.3, -0.25) is 4.68 Å². The van der Waals surface area contributed by atoms with Gasteiger partial charge in [0, 0.05) is 18.0 Å². The number of aromatic nitrogens is 3. The van der Waals surface area contributed by atoms with Crippen LogP contribution in [0.25, 0.3) is 0 Å². The lowest BCUT2D eigenvalue weighted by atomic mass is 10.0. The molecule has 0 bridgehead atoms. The molecule has 0 aliphatic carbocycles. The van der Waals surface area contributed by atoms with E-state index in [1.807, 2.05) is 10.9 Å². The number of hydrogen-bond acceptors (Lipinski definition) is 4. The zero-order valence-corrected chi connectivity index (χ0v) is 10.00. The monoisotopic (exact) mass is 234 g/mol. The second kappa shape index (κ2) is 3.99. The maximum atomic E-state index is 4.25. The van der Waals surface area contributed by atoms with E-state index in [4.69, 9.17) is 0 Å². The fourth-order valence-electron chi connectivity index (χ4n) is 2.09. The fourth-order valence-corrected chi connectivity index (χ4v) is 3.13. The summed E-state index contributed by atoms with van der Waals surface area (Å²) in [7, 11) is 0. The van der Waals surface area contributed by atoms with Crippen molar-refractivity contribution in [2.45, 2.75) is 25.9 Å². The Labute approximate surface area is 98.3 Å². The van der Waals surface area contributed by atoms with Crippen molar-refractivity contribution in [3.8, 4) is 0 Å². The van der Waals surface area contributed by atoms with E-state index in [0.717, 1.165) is 25.2 Å². The van der Waals surface area contributed by atoms with Crippen LogP contribution < -0.4 is 5.32 Å². The third-order valence-electron chi connectivity index (χ3n) is 2.96. The molecule has 84 valence electrons. The van der Waals surface area contributed by atoms with E-state index in [9.17, 15) is 0 Å². The molecule has 1 unspecified atom stereocenters. The molecule has 0 amide bonds. The van der Waals surface area contributed by atoms with E-state index in [-0.39, 0.29) is 6.04 Å². The SMILES string of the molecule is CCn1cc(C2NCCc3ccsc32)nn1. The van der Waals surface area contributed by atoms with Crippen LogP contribution in [0.1, 0.15) is 29.1 Å². The standard InChI is InChI=1S/C11H14N4S/c1-2-15-7-9(13-14-15)10-11-8(3-5-12-10)4-6-16-11/h4,6-7,10,12H,2-3,5H2,1H3. The third-order valence-corrected chi connectivity index (χ3v) is 3.99. The van der Waals surface area contributed by atoms with Crippen molar-refractivity contribution < 1.29 is 0 Å². The van der Waals surface area contributed by atoms with Gasteiger partial charge in [-0.1, -0.05) is 5.21 Å². The predicted octanol–water partition coefficient (Wildman–Crippen LogP) is 1.59. The molecule has 0 fully saturated rings. The van der Waals surface area contributed by atoms with Gasteiger partial charge in [-0.2, -0.15) is 0 Å².